The number of terminal acetylenes is 1. The second-order valence-corrected chi connectivity index (χ2v) is 3.90. The Labute approximate surface area is 100.0 Å². The van der Waals surface area contributed by atoms with Gasteiger partial charge in [0.1, 0.15) is 0 Å². The van der Waals surface area contributed by atoms with Crippen LogP contribution in [0.1, 0.15) is 12.0 Å². The van der Waals surface area contributed by atoms with Crippen LogP contribution in [0.25, 0.3) is 0 Å². The molecule has 0 spiro atoms. The normalized spacial score (nSPS) is 11.6. The number of hydrogen-bond acceptors (Lipinski definition) is 2. The highest BCUT2D eigenvalue weighted by Gasteiger charge is 2.13. The number of nitrogens with two attached hydrogens (primary N) is 1. The first-order chi connectivity index (χ1) is 7.54. The minimum atomic E-state index is -0.691. The van der Waals surface area contributed by atoms with Gasteiger partial charge < -0.3 is 11.1 Å². The van der Waals surface area contributed by atoms with Crippen LogP contribution in [0.15, 0.2) is 18.2 Å². The van der Waals surface area contributed by atoms with Crippen LogP contribution in [0.3, 0.4) is 0 Å². The third kappa shape index (κ3) is 3.27. The third-order valence-corrected chi connectivity index (χ3v) is 2.37. The van der Waals surface area contributed by atoms with Gasteiger partial charge in [0, 0.05) is 17.1 Å². The molecule has 0 heterocycles. The second kappa shape index (κ2) is 5.55. The molecule has 4 heteroatoms. The summed E-state index contributed by atoms with van der Waals surface area (Å²) in [5.41, 5.74) is 7.16. The lowest BCUT2D eigenvalue weighted by molar-refractivity contribution is -0.117. The average Bonchev–Trinajstić information content (AvgIpc) is 2.23. The average molecular weight is 237 g/mol. The number of carbonyl (C=O) groups excluding carboxylic acids is 1. The molecule has 0 aromatic heterocycles. The molecule has 0 aliphatic heterocycles. The summed E-state index contributed by atoms with van der Waals surface area (Å²) < 4.78 is 0. The predicted molar refractivity (Wildman–Crippen MR) is 66.2 cm³/mol. The second-order valence-electron chi connectivity index (χ2n) is 3.46. The molecular formula is C12H13ClN2O. The summed E-state index contributed by atoms with van der Waals surface area (Å²) in [6, 6.07) is 4.57. The first-order valence-corrected chi connectivity index (χ1v) is 5.18. The minimum absolute atomic E-state index is 0.214. The van der Waals surface area contributed by atoms with E-state index in [1.54, 1.807) is 12.1 Å². The lowest BCUT2D eigenvalue weighted by atomic mass is 10.1. The molecule has 0 aliphatic carbocycles. The first kappa shape index (κ1) is 12.6. The number of aryl methyl sites for hydroxylation is 1. The molecule has 0 aliphatic rings. The number of carbonyl (C=O) groups is 1. The van der Waals surface area contributed by atoms with Crippen molar-refractivity contribution in [1.29, 1.82) is 0 Å². The van der Waals surface area contributed by atoms with E-state index in [-0.39, 0.29) is 12.3 Å². The Bertz CT molecular complexity index is 437. The van der Waals surface area contributed by atoms with Gasteiger partial charge in [0.25, 0.3) is 0 Å². The van der Waals surface area contributed by atoms with Gasteiger partial charge in [-0.1, -0.05) is 17.7 Å². The van der Waals surface area contributed by atoms with Crippen molar-refractivity contribution in [2.24, 2.45) is 5.73 Å². The summed E-state index contributed by atoms with van der Waals surface area (Å²) in [6.45, 7) is 1.87. The van der Waals surface area contributed by atoms with Gasteiger partial charge in [-0.25, -0.2) is 0 Å². The molecule has 0 bridgehead atoms. The van der Waals surface area contributed by atoms with Gasteiger partial charge in [0.05, 0.1) is 6.04 Å². The lowest BCUT2D eigenvalue weighted by Gasteiger charge is -2.11. The van der Waals surface area contributed by atoms with E-state index < -0.39 is 6.04 Å². The van der Waals surface area contributed by atoms with Gasteiger partial charge in [-0.2, -0.15) is 0 Å². The van der Waals surface area contributed by atoms with Crippen molar-refractivity contribution in [2.45, 2.75) is 19.4 Å². The first-order valence-electron chi connectivity index (χ1n) is 4.80. The number of rotatable bonds is 3. The summed E-state index contributed by atoms with van der Waals surface area (Å²) in [5, 5.41) is 3.25. The standard InChI is InChI=1S/C12H13ClN2O/c1-3-4-10(14)12(16)15-11-7-9(13)6-5-8(11)2/h1,5-7,10H,4,14H2,2H3,(H,15,16). The van der Waals surface area contributed by atoms with Crippen LogP contribution in [0.5, 0.6) is 0 Å². The monoisotopic (exact) mass is 236 g/mol. The van der Waals surface area contributed by atoms with Gasteiger partial charge in [-0.05, 0) is 24.6 Å². The molecule has 0 fully saturated rings. The van der Waals surface area contributed by atoms with Crippen LogP contribution >= 0.6 is 11.6 Å². The molecule has 1 atom stereocenters. The van der Waals surface area contributed by atoms with Crippen molar-refractivity contribution in [3.63, 3.8) is 0 Å². The molecule has 0 radical (unpaired) electrons. The van der Waals surface area contributed by atoms with Crippen molar-refractivity contribution < 1.29 is 4.79 Å². The molecule has 1 aromatic carbocycles. The summed E-state index contributed by atoms with van der Waals surface area (Å²) in [5.74, 6) is 2.05. The fourth-order valence-corrected chi connectivity index (χ4v) is 1.35. The van der Waals surface area contributed by atoms with E-state index in [0.717, 1.165) is 5.56 Å². The van der Waals surface area contributed by atoms with Gasteiger partial charge in [0.2, 0.25) is 5.91 Å². The number of amides is 1. The Kier molecular flexibility index (Phi) is 4.36. The maximum Gasteiger partial charge on any atom is 0.242 e. The topological polar surface area (TPSA) is 55.1 Å². The molecule has 1 unspecified atom stereocenters. The Hall–Kier alpha value is -1.50. The number of benzene rings is 1. The van der Waals surface area contributed by atoms with Crippen molar-refractivity contribution in [2.75, 3.05) is 5.32 Å². The summed E-state index contributed by atoms with van der Waals surface area (Å²) >= 11 is 5.83. The Balaban J connectivity index is 2.77. The van der Waals surface area contributed by atoms with Crippen LogP contribution in [0, 0.1) is 19.3 Å². The minimum Gasteiger partial charge on any atom is -0.324 e. The van der Waals surface area contributed by atoms with Crippen molar-refractivity contribution >= 4 is 23.2 Å². The molecule has 0 saturated heterocycles. The fraction of sp³-hybridized carbons (Fsp3) is 0.250. The van der Waals surface area contributed by atoms with E-state index in [0.29, 0.717) is 10.7 Å². The number of hydrogen-bond donors (Lipinski definition) is 2. The smallest absolute Gasteiger partial charge is 0.242 e. The predicted octanol–water partition coefficient (Wildman–Crippen LogP) is 1.94. The molecule has 3 nitrogen and oxygen atoms in total. The highest BCUT2D eigenvalue weighted by molar-refractivity contribution is 6.31. The quantitative estimate of drug-likeness (QED) is 0.788. The Morgan fingerprint density at radius 1 is 1.69 bits per heavy atom. The van der Waals surface area contributed by atoms with Crippen LogP contribution in [0.4, 0.5) is 5.69 Å². The third-order valence-electron chi connectivity index (χ3n) is 2.13. The molecule has 16 heavy (non-hydrogen) atoms. The Morgan fingerprint density at radius 3 is 3.00 bits per heavy atom. The van der Waals surface area contributed by atoms with E-state index in [4.69, 9.17) is 23.8 Å². The SMILES string of the molecule is C#CCC(N)C(=O)Nc1cc(Cl)ccc1C. The molecule has 1 aromatic rings. The highest BCUT2D eigenvalue weighted by Crippen LogP contribution is 2.20. The van der Waals surface area contributed by atoms with E-state index in [1.165, 1.54) is 0 Å². The van der Waals surface area contributed by atoms with E-state index in [2.05, 4.69) is 11.2 Å². The van der Waals surface area contributed by atoms with E-state index >= 15 is 0 Å². The summed E-state index contributed by atoms with van der Waals surface area (Å²) in [4.78, 5) is 11.6. The maximum atomic E-state index is 11.6. The Morgan fingerprint density at radius 2 is 2.38 bits per heavy atom. The molecule has 84 valence electrons. The van der Waals surface area contributed by atoms with Gasteiger partial charge >= 0.3 is 0 Å². The van der Waals surface area contributed by atoms with Gasteiger partial charge in [0.15, 0.2) is 0 Å². The largest absolute Gasteiger partial charge is 0.324 e. The molecular weight excluding hydrogens is 224 g/mol. The molecule has 3 N–H and O–H groups in total. The maximum absolute atomic E-state index is 11.6. The lowest BCUT2D eigenvalue weighted by Crippen LogP contribution is -2.35. The number of halogens is 1. The van der Waals surface area contributed by atoms with Crippen LogP contribution in [0.2, 0.25) is 5.02 Å². The number of nitrogens with one attached hydrogen (secondary N) is 1. The van der Waals surface area contributed by atoms with Gasteiger partial charge in [-0.3, -0.25) is 4.79 Å². The summed E-state index contributed by atoms with van der Waals surface area (Å²) in [7, 11) is 0. The zero-order valence-electron chi connectivity index (χ0n) is 8.96. The van der Waals surface area contributed by atoms with Crippen molar-refractivity contribution in [3.05, 3.63) is 28.8 Å². The van der Waals surface area contributed by atoms with Crippen molar-refractivity contribution in [1.82, 2.24) is 0 Å². The fourth-order valence-electron chi connectivity index (χ4n) is 1.17. The molecule has 0 saturated carbocycles. The molecule has 1 rings (SSSR count). The summed E-state index contributed by atoms with van der Waals surface area (Å²) in [6.07, 6.45) is 5.30. The number of anilines is 1. The van der Waals surface area contributed by atoms with Crippen LogP contribution in [-0.4, -0.2) is 11.9 Å². The van der Waals surface area contributed by atoms with Crippen LogP contribution in [-0.2, 0) is 4.79 Å². The van der Waals surface area contributed by atoms with Crippen LogP contribution < -0.4 is 11.1 Å². The van der Waals surface area contributed by atoms with Gasteiger partial charge in [-0.15, -0.1) is 12.3 Å². The van der Waals surface area contributed by atoms with E-state index in [1.807, 2.05) is 13.0 Å². The van der Waals surface area contributed by atoms with Crippen molar-refractivity contribution in [3.8, 4) is 12.3 Å². The van der Waals surface area contributed by atoms with E-state index in [9.17, 15) is 4.79 Å². The zero-order chi connectivity index (χ0) is 12.1. The molecule has 1 amide bonds. The highest BCUT2D eigenvalue weighted by atomic mass is 35.5. The zero-order valence-corrected chi connectivity index (χ0v) is 9.71.